The number of piperidine rings is 1. The zero-order chi connectivity index (χ0) is 13.9. The normalized spacial score (nSPS) is 17.4. The molecule has 2 heterocycles. The third-order valence-electron chi connectivity index (χ3n) is 4.10. The first-order valence-electron chi connectivity index (χ1n) is 7.26. The summed E-state index contributed by atoms with van der Waals surface area (Å²) >= 11 is 0. The Hall–Kier alpha value is -1.81. The number of rotatable bonds is 3. The average molecular weight is 271 g/mol. The Morgan fingerprint density at radius 2 is 1.95 bits per heavy atom. The van der Waals surface area contributed by atoms with Crippen LogP contribution in [0.15, 0.2) is 34.9 Å². The van der Waals surface area contributed by atoms with Crippen molar-refractivity contribution in [3.05, 3.63) is 36.0 Å². The highest BCUT2D eigenvalue weighted by atomic mass is 16.5. The van der Waals surface area contributed by atoms with Crippen molar-refractivity contribution in [3.8, 4) is 11.1 Å². The number of likely N-dealkylation sites (tertiary alicyclic amines) is 1. The number of nitrogens with two attached hydrogens (primary N) is 1. The predicted octanol–water partition coefficient (Wildman–Crippen LogP) is 3.16. The first kappa shape index (κ1) is 13.2. The van der Waals surface area contributed by atoms with Crippen LogP contribution in [0.1, 0.15) is 25.5 Å². The van der Waals surface area contributed by atoms with Crippen LogP contribution in [0.4, 0.5) is 5.88 Å². The van der Waals surface area contributed by atoms with Gasteiger partial charge in [0, 0.05) is 6.54 Å². The number of nitrogen functional groups attached to an aromatic ring is 1. The highest BCUT2D eigenvalue weighted by molar-refractivity contribution is 5.74. The second kappa shape index (κ2) is 5.67. The molecule has 0 saturated carbocycles. The van der Waals surface area contributed by atoms with Gasteiger partial charge in [0.25, 0.3) is 0 Å². The maximum Gasteiger partial charge on any atom is 0.230 e. The zero-order valence-corrected chi connectivity index (χ0v) is 11.9. The van der Waals surface area contributed by atoms with Gasteiger partial charge in [0.05, 0.1) is 5.56 Å². The van der Waals surface area contributed by atoms with Crippen LogP contribution in [0, 0.1) is 5.92 Å². The van der Waals surface area contributed by atoms with Crippen molar-refractivity contribution in [2.45, 2.75) is 26.3 Å². The lowest BCUT2D eigenvalue weighted by atomic mass is 9.98. The van der Waals surface area contributed by atoms with Gasteiger partial charge in [0.15, 0.2) is 0 Å². The molecule has 0 unspecified atom stereocenters. The van der Waals surface area contributed by atoms with E-state index in [9.17, 15) is 0 Å². The molecule has 2 N–H and O–H groups in total. The maximum absolute atomic E-state index is 5.95. The lowest BCUT2D eigenvalue weighted by molar-refractivity contribution is 0.181. The molecule has 4 heteroatoms. The van der Waals surface area contributed by atoms with Gasteiger partial charge >= 0.3 is 0 Å². The van der Waals surface area contributed by atoms with Crippen molar-refractivity contribution >= 4 is 5.88 Å². The minimum absolute atomic E-state index is 0.413. The number of benzene rings is 1. The molecule has 1 saturated heterocycles. The zero-order valence-electron chi connectivity index (χ0n) is 11.9. The van der Waals surface area contributed by atoms with Gasteiger partial charge in [-0.2, -0.15) is 0 Å². The van der Waals surface area contributed by atoms with Crippen LogP contribution in [0.2, 0.25) is 0 Å². The van der Waals surface area contributed by atoms with E-state index in [0.717, 1.165) is 42.4 Å². The topological polar surface area (TPSA) is 55.3 Å². The van der Waals surface area contributed by atoms with Crippen LogP contribution in [0.5, 0.6) is 0 Å². The van der Waals surface area contributed by atoms with Crippen molar-refractivity contribution in [1.82, 2.24) is 10.1 Å². The summed E-state index contributed by atoms with van der Waals surface area (Å²) in [5, 5.41) is 4.16. The molecule has 1 aliphatic rings. The van der Waals surface area contributed by atoms with E-state index in [1.807, 2.05) is 30.3 Å². The molecule has 3 rings (SSSR count). The van der Waals surface area contributed by atoms with Crippen molar-refractivity contribution < 1.29 is 4.52 Å². The molecule has 0 atom stereocenters. The fourth-order valence-corrected chi connectivity index (χ4v) is 2.79. The van der Waals surface area contributed by atoms with Crippen LogP contribution in [-0.4, -0.2) is 23.1 Å². The predicted molar refractivity (Wildman–Crippen MR) is 80.0 cm³/mol. The summed E-state index contributed by atoms with van der Waals surface area (Å²) in [6.45, 7) is 5.39. The number of hydrogen-bond donors (Lipinski definition) is 1. The van der Waals surface area contributed by atoms with Gasteiger partial charge in [-0.1, -0.05) is 42.4 Å². The van der Waals surface area contributed by atoms with E-state index in [-0.39, 0.29) is 0 Å². The Morgan fingerprint density at radius 3 is 2.65 bits per heavy atom. The van der Waals surface area contributed by atoms with Crippen LogP contribution in [-0.2, 0) is 6.54 Å². The lowest BCUT2D eigenvalue weighted by Crippen LogP contribution is -2.32. The molecule has 0 bridgehead atoms. The number of nitrogens with zero attached hydrogens (tertiary/aromatic N) is 2. The smallest absolute Gasteiger partial charge is 0.230 e. The molecule has 0 radical (unpaired) electrons. The van der Waals surface area contributed by atoms with E-state index < -0.39 is 0 Å². The van der Waals surface area contributed by atoms with Crippen molar-refractivity contribution in [1.29, 1.82) is 0 Å². The molecule has 4 nitrogen and oxygen atoms in total. The molecule has 0 aliphatic carbocycles. The van der Waals surface area contributed by atoms with E-state index in [2.05, 4.69) is 17.0 Å². The first-order chi connectivity index (χ1) is 9.74. The molecule has 106 valence electrons. The maximum atomic E-state index is 5.95. The molecular formula is C16H21N3O. The van der Waals surface area contributed by atoms with Crippen LogP contribution >= 0.6 is 0 Å². The van der Waals surface area contributed by atoms with Gasteiger partial charge in [-0.25, -0.2) is 0 Å². The van der Waals surface area contributed by atoms with E-state index in [0.29, 0.717) is 5.88 Å². The summed E-state index contributed by atoms with van der Waals surface area (Å²) < 4.78 is 5.21. The van der Waals surface area contributed by atoms with Gasteiger partial charge < -0.3 is 10.3 Å². The second-order valence-electron chi connectivity index (χ2n) is 5.69. The van der Waals surface area contributed by atoms with Crippen LogP contribution < -0.4 is 5.73 Å². The Bertz CT molecular complexity index is 556. The van der Waals surface area contributed by atoms with Crippen LogP contribution in [0.25, 0.3) is 11.1 Å². The number of aromatic nitrogens is 1. The molecule has 1 fully saturated rings. The van der Waals surface area contributed by atoms with E-state index in [1.54, 1.807) is 0 Å². The molecule has 0 spiro atoms. The minimum Gasteiger partial charge on any atom is -0.367 e. The lowest BCUT2D eigenvalue weighted by Gasteiger charge is -2.29. The van der Waals surface area contributed by atoms with Gasteiger partial charge in [-0.05, 0) is 37.4 Å². The van der Waals surface area contributed by atoms with E-state index in [4.69, 9.17) is 10.3 Å². The Balaban J connectivity index is 1.81. The number of anilines is 1. The van der Waals surface area contributed by atoms with Crippen LogP contribution in [0.3, 0.4) is 0 Å². The van der Waals surface area contributed by atoms with Crippen molar-refractivity contribution in [2.75, 3.05) is 18.8 Å². The van der Waals surface area contributed by atoms with Gasteiger partial charge in [-0.15, -0.1) is 0 Å². The monoisotopic (exact) mass is 271 g/mol. The molecule has 1 aromatic heterocycles. The van der Waals surface area contributed by atoms with Crippen molar-refractivity contribution in [2.24, 2.45) is 5.92 Å². The summed E-state index contributed by atoms with van der Waals surface area (Å²) in [4.78, 5) is 2.43. The Morgan fingerprint density at radius 1 is 1.25 bits per heavy atom. The molecule has 2 aromatic rings. The van der Waals surface area contributed by atoms with E-state index >= 15 is 0 Å². The van der Waals surface area contributed by atoms with E-state index in [1.165, 1.54) is 12.8 Å². The minimum atomic E-state index is 0.413. The number of hydrogen-bond acceptors (Lipinski definition) is 4. The quantitative estimate of drug-likeness (QED) is 0.931. The summed E-state index contributed by atoms with van der Waals surface area (Å²) in [6.07, 6.45) is 2.52. The molecular weight excluding hydrogens is 250 g/mol. The third-order valence-corrected chi connectivity index (χ3v) is 4.10. The summed E-state index contributed by atoms with van der Waals surface area (Å²) in [6, 6.07) is 10.1. The standard InChI is InChI=1S/C16H21N3O/c1-12-7-9-19(10-8-12)11-14-15(16(17)20-18-14)13-5-3-2-4-6-13/h2-6,12H,7-11,17H2,1H3. The second-order valence-corrected chi connectivity index (χ2v) is 5.69. The fraction of sp³-hybridized carbons (Fsp3) is 0.438. The van der Waals surface area contributed by atoms with Crippen molar-refractivity contribution in [3.63, 3.8) is 0 Å². The molecule has 1 aliphatic heterocycles. The summed E-state index contributed by atoms with van der Waals surface area (Å²) in [7, 11) is 0. The fourth-order valence-electron chi connectivity index (χ4n) is 2.79. The average Bonchev–Trinajstić information content (AvgIpc) is 2.83. The highest BCUT2D eigenvalue weighted by Crippen LogP contribution is 2.31. The SMILES string of the molecule is CC1CCN(Cc2noc(N)c2-c2ccccc2)CC1. The molecule has 0 amide bonds. The van der Waals surface area contributed by atoms with Gasteiger partial charge in [0.1, 0.15) is 5.69 Å². The van der Waals surface area contributed by atoms with Gasteiger partial charge in [-0.3, -0.25) is 4.90 Å². The van der Waals surface area contributed by atoms with Gasteiger partial charge in [0.2, 0.25) is 5.88 Å². The summed E-state index contributed by atoms with van der Waals surface area (Å²) in [5.41, 5.74) is 8.92. The molecule has 20 heavy (non-hydrogen) atoms. The first-order valence-corrected chi connectivity index (χ1v) is 7.26. The third kappa shape index (κ3) is 2.70. The molecule has 1 aromatic carbocycles. The largest absolute Gasteiger partial charge is 0.367 e. The Kier molecular flexibility index (Phi) is 3.74. The summed E-state index contributed by atoms with van der Waals surface area (Å²) in [5.74, 6) is 1.25. The highest BCUT2D eigenvalue weighted by Gasteiger charge is 2.21. The Labute approximate surface area is 119 Å².